The fourth-order valence-corrected chi connectivity index (χ4v) is 3.99. The van der Waals surface area contributed by atoms with Crippen LogP contribution in [-0.2, 0) is 16.0 Å². The number of hydrogen-bond acceptors (Lipinski definition) is 6. The summed E-state index contributed by atoms with van der Waals surface area (Å²) in [4.78, 5) is 26.2. The molecule has 0 saturated heterocycles. The van der Waals surface area contributed by atoms with E-state index in [4.69, 9.17) is 4.42 Å². The summed E-state index contributed by atoms with van der Waals surface area (Å²) in [7, 11) is 1.61. The SMILES string of the molecule is Cc1cccc(C)c1NC(=O)CN(C)C(=O)CSc1nnc(CC(C)c2ccccc2)o1. The smallest absolute Gasteiger partial charge is 0.277 e. The standard InChI is InChI=1S/C24H28N4O3S/c1-16-9-8-10-17(2)23(16)25-20(29)14-28(4)22(30)15-32-24-27-26-21(31-24)13-18(3)19-11-6-5-7-12-19/h5-12,18H,13-15H2,1-4H3,(H,25,29). The minimum atomic E-state index is -0.238. The Morgan fingerprint density at radius 3 is 2.44 bits per heavy atom. The molecule has 168 valence electrons. The van der Waals surface area contributed by atoms with Gasteiger partial charge in [0, 0.05) is 19.2 Å². The van der Waals surface area contributed by atoms with Crippen LogP contribution in [0.3, 0.4) is 0 Å². The second kappa shape index (κ2) is 10.9. The van der Waals surface area contributed by atoms with Gasteiger partial charge in [0.25, 0.3) is 5.22 Å². The van der Waals surface area contributed by atoms with Crippen LogP contribution in [0.2, 0.25) is 0 Å². The summed E-state index contributed by atoms with van der Waals surface area (Å²) >= 11 is 1.17. The van der Waals surface area contributed by atoms with Crippen molar-refractivity contribution in [3.05, 3.63) is 71.1 Å². The lowest BCUT2D eigenvalue weighted by Gasteiger charge is -2.17. The van der Waals surface area contributed by atoms with Crippen molar-refractivity contribution < 1.29 is 14.0 Å². The van der Waals surface area contributed by atoms with Gasteiger partial charge in [0.05, 0.1) is 12.3 Å². The molecule has 3 aromatic rings. The molecule has 1 aromatic heterocycles. The molecule has 0 aliphatic heterocycles. The van der Waals surface area contributed by atoms with Crippen molar-refractivity contribution in [1.82, 2.24) is 15.1 Å². The minimum absolute atomic E-state index is 0.0309. The summed E-state index contributed by atoms with van der Waals surface area (Å²) in [6.07, 6.45) is 0.629. The second-order valence-electron chi connectivity index (χ2n) is 7.83. The number of rotatable bonds is 9. The molecule has 3 rings (SSSR count). The van der Waals surface area contributed by atoms with Gasteiger partial charge in [0.2, 0.25) is 17.7 Å². The number of hydrogen-bond donors (Lipinski definition) is 1. The quantitative estimate of drug-likeness (QED) is 0.489. The zero-order valence-corrected chi connectivity index (χ0v) is 19.6. The first kappa shape index (κ1) is 23.5. The van der Waals surface area contributed by atoms with E-state index in [-0.39, 0.29) is 30.0 Å². The van der Waals surface area contributed by atoms with Crippen LogP contribution in [0.1, 0.15) is 35.4 Å². The van der Waals surface area contributed by atoms with Crippen molar-refractivity contribution in [3.63, 3.8) is 0 Å². The zero-order valence-electron chi connectivity index (χ0n) is 18.8. The Kier molecular flexibility index (Phi) is 8.05. The van der Waals surface area contributed by atoms with Gasteiger partial charge in [-0.1, -0.05) is 67.2 Å². The number of para-hydroxylation sites is 1. The predicted molar refractivity (Wildman–Crippen MR) is 126 cm³/mol. The van der Waals surface area contributed by atoms with Gasteiger partial charge >= 0.3 is 0 Å². The molecule has 1 N–H and O–H groups in total. The molecule has 0 saturated carbocycles. The fourth-order valence-electron chi connectivity index (χ4n) is 3.27. The molecule has 0 spiro atoms. The summed E-state index contributed by atoms with van der Waals surface area (Å²) in [5.41, 5.74) is 3.96. The molecular weight excluding hydrogens is 424 g/mol. The van der Waals surface area contributed by atoms with Crippen LogP contribution in [0.5, 0.6) is 0 Å². The maximum Gasteiger partial charge on any atom is 0.277 e. The van der Waals surface area contributed by atoms with Gasteiger partial charge < -0.3 is 14.6 Å². The lowest BCUT2D eigenvalue weighted by Crippen LogP contribution is -2.36. The molecule has 8 heteroatoms. The first-order valence-corrected chi connectivity index (χ1v) is 11.4. The van der Waals surface area contributed by atoms with E-state index < -0.39 is 0 Å². The van der Waals surface area contributed by atoms with E-state index in [9.17, 15) is 9.59 Å². The molecule has 2 amide bonds. The van der Waals surface area contributed by atoms with Gasteiger partial charge in [-0.2, -0.15) is 0 Å². The Morgan fingerprint density at radius 2 is 1.75 bits per heavy atom. The van der Waals surface area contributed by atoms with Gasteiger partial charge in [-0.3, -0.25) is 9.59 Å². The first-order valence-electron chi connectivity index (χ1n) is 10.4. The Balaban J connectivity index is 1.46. The summed E-state index contributed by atoms with van der Waals surface area (Å²) in [6, 6.07) is 16.0. The summed E-state index contributed by atoms with van der Waals surface area (Å²) < 4.78 is 5.68. The monoisotopic (exact) mass is 452 g/mol. The van der Waals surface area contributed by atoms with Gasteiger partial charge in [-0.15, -0.1) is 10.2 Å². The van der Waals surface area contributed by atoms with E-state index in [0.29, 0.717) is 17.5 Å². The van der Waals surface area contributed by atoms with Crippen molar-refractivity contribution in [2.75, 3.05) is 24.7 Å². The average molecular weight is 453 g/mol. The van der Waals surface area contributed by atoms with Gasteiger partial charge in [0.1, 0.15) is 0 Å². The minimum Gasteiger partial charge on any atom is -0.416 e. The average Bonchev–Trinajstić information content (AvgIpc) is 3.22. The van der Waals surface area contributed by atoms with Gasteiger partial charge in [0.15, 0.2) is 0 Å². The van der Waals surface area contributed by atoms with Crippen LogP contribution in [0, 0.1) is 13.8 Å². The molecule has 1 heterocycles. The number of nitrogens with one attached hydrogen (secondary N) is 1. The van der Waals surface area contributed by atoms with Crippen LogP contribution in [0.15, 0.2) is 58.2 Å². The number of thioether (sulfide) groups is 1. The van der Waals surface area contributed by atoms with Crippen LogP contribution < -0.4 is 5.32 Å². The molecule has 0 aliphatic rings. The number of aromatic nitrogens is 2. The Hall–Kier alpha value is -3.13. The third kappa shape index (κ3) is 6.43. The van der Waals surface area contributed by atoms with Crippen molar-refractivity contribution in [1.29, 1.82) is 0 Å². The van der Waals surface area contributed by atoms with E-state index in [2.05, 4.69) is 34.6 Å². The highest BCUT2D eigenvalue weighted by molar-refractivity contribution is 7.99. The molecule has 0 radical (unpaired) electrons. The van der Waals surface area contributed by atoms with Crippen LogP contribution in [-0.4, -0.2) is 46.3 Å². The van der Waals surface area contributed by atoms with E-state index in [1.807, 2.05) is 50.2 Å². The number of carbonyl (C=O) groups excluding carboxylic acids is 2. The van der Waals surface area contributed by atoms with Crippen molar-refractivity contribution in [2.45, 2.75) is 38.3 Å². The molecular formula is C24H28N4O3S. The molecule has 0 bridgehead atoms. The number of carbonyl (C=O) groups is 2. The van der Waals surface area contributed by atoms with E-state index in [1.54, 1.807) is 7.05 Å². The zero-order chi connectivity index (χ0) is 23.1. The maximum atomic E-state index is 12.4. The van der Waals surface area contributed by atoms with Gasteiger partial charge in [-0.25, -0.2) is 0 Å². The second-order valence-corrected chi connectivity index (χ2v) is 8.76. The van der Waals surface area contributed by atoms with Crippen LogP contribution >= 0.6 is 11.8 Å². The molecule has 0 fully saturated rings. The fraction of sp³-hybridized carbons (Fsp3) is 0.333. The van der Waals surface area contributed by atoms with Crippen molar-refractivity contribution in [2.24, 2.45) is 0 Å². The summed E-state index contributed by atoms with van der Waals surface area (Å²) in [5.74, 6) is 0.473. The number of benzene rings is 2. The molecule has 1 atom stereocenters. The normalized spacial score (nSPS) is 11.8. The van der Waals surface area contributed by atoms with Crippen molar-refractivity contribution >= 4 is 29.3 Å². The molecule has 0 aliphatic carbocycles. The van der Waals surface area contributed by atoms with E-state index in [1.165, 1.54) is 22.2 Å². The van der Waals surface area contributed by atoms with Crippen molar-refractivity contribution in [3.8, 4) is 0 Å². The summed E-state index contributed by atoms with van der Waals surface area (Å²) in [5, 5.41) is 11.4. The Morgan fingerprint density at radius 1 is 1.06 bits per heavy atom. The first-order chi connectivity index (χ1) is 15.3. The number of aryl methyl sites for hydroxylation is 2. The third-order valence-corrected chi connectivity index (χ3v) is 5.97. The topological polar surface area (TPSA) is 88.3 Å². The van der Waals surface area contributed by atoms with E-state index >= 15 is 0 Å². The largest absolute Gasteiger partial charge is 0.416 e. The third-order valence-electron chi connectivity index (χ3n) is 5.17. The van der Waals surface area contributed by atoms with E-state index in [0.717, 1.165) is 16.8 Å². The predicted octanol–water partition coefficient (Wildman–Crippen LogP) is 4.22. The highest BCUT2D eigenvalue weighted by atomic mass is 32.2. The lowest BCUT2D eigenvalue weighted by atomic mass is 9.98. The molecule has 2 aromatic carbocycles. The highest BCUT2D eigenvalue weighted by Gasteiger charge is 2.17. The number of anilines is 1. The molecule has 1 unspecified atom stereocenters. The molecule has 32 heavy (non-hydrogen) atoms. The van der Waals surface area contributed by atoms with Gasteiger partial charge in [-0.05, 0) is 36.5 Å². The summed E-state index contributed by atoms with van der Waals surface area (Å²) in [6.45, 7) is 5.95. The number of nitrogens with zero attached hydrogens (tertiary/aromatic N) is 3. The van der Waals surface area contributed by atoms with Crippen LogP contribution in [0.4, 0.5) is 5.69 Å². The number of amides is 2. The number of likely N-dealkylation sites (N-methyl/N-ethyl adjacent to an activating group) is 1. The lowest BCUT2D eigenvalue weighted by molar-refractivity contribution is -0.131. The maximum absolute atomic E-state index is 12.4. The van der Waals surface area contributed by atoms with Crippen LogP contribution in [0.25, 0.3) is 0 Å². The highest BCUT2D eigenvalue weighted by Crippen LogP contribution is 2.23. The Labute approximate surface area is 192 Å². The molecule has 7 nitrogen and oxygen atoms in total. The Bertz CT molecular complexity index is 1050.